The van der Waals surface area contributed by atoms with Crippen LogP contribution in [-0.2, 0) is 71.3 Å². The number of amides is 2. The minimum absolute atomic E-state index is 0.00429. The molecule has 2 amide bonds. The van der Waals surface area contributed by atoms with Crippen LogP contribution in [0.1, 0.15) is 27.7 Å². The van der Waals surface area contributed by atoms with E-state index in [-0.39, 0.29) is 12.2 Å². The molecule has 11 N–H and O–H groups in total. The third kappa shape index (κ3) is 11.5. The molecule has 4 heterocycles. The van der Waals surface area contributed by atoms with Crippen molar-refractivity contribution in [2.45, 2.75) is 150 Å². The Bertz CT molecular complexity index is 1550. The highest BCUT2D eigenvalue weighted by Gasteiger charge is 2.58. The lowest BCUT2D eigenvalue weighted by atomic mass is 9.94. The first-order valence-electron chi connectivity index (χ1n) is 18.9. The molecule has 0 radical (unpaired) electrons. The molecule has 0 bridgehead atoms. The van der Waals surface area contributed by atoms with Gasteiger partial charge in [0.05, 0.1) is 6.61 Å². The van der Waals surface area contributed by atoms with E-state index in [0.29, 0.717) is 0 Å². The summed E-state index contributed by atoms with van der Waals surface area (Å²) in [6, 6.07) is -3.20. The second kappa shape index (κ2) is 21.7. The van der Waals surface area contributed by atoms with Gasteiger partial charge in [0.1, 0.15) is 91.9 Å². The van der Waals surface area contributed by atoms with Gasteiger partial charge in [-0.3, -0.25) is 9.59 Å². The number of rotatable bonds is 17. The van der Waals surface area contributed by atoms with Crippen molar-refractivity contribution in [2.24, 2.45) is 0 Å². The Labute approximate surface area is 347 Å². The number of aliphatic hydroxyl groups is 7. The number of carbonyl (C=O) groups excluding carboxylic acids is 3. The largest absolute Gasteiger partial charge is 0.479 e. The van der Waals surface area contributed by atoms with Crippen LogP contribution >= 0.6 is 0 Å². The van der Waals surface area contributed by atoms with Crippen LogP contribution in [0.2, 0.25) is 0 Å². The third-order valence-corrected chi connectivity index (χ3v) is 10.0. The van der Waals surface area contributed by atoms with Crippen molar-refractivity contribution in [3.63, 3.8) is 0 Å². The molecule has 4 aliphatic heterocycles. The molecule has 0 aliphatic carbocycles. The number of ether oxygens (including phenoxy) is 10. The average molecular weight is 887 g/mol. The van der Waals surface area contributed by atoms with E-state index in [1.807, 2.05) is 0 Å². The summed E-state index contributed by atoms with van der Waals surface area (Å²) in [6.45, 7) is 6.82. The quantitative estimate of drug-likeness (QED) is 0.0478. The summed E-state index contributed by atoms with van der Waals surface area (Å²) < 4.78 is 55.4. The van der Waals surface area contributed by atoms with Gasteiger partial charge < -0.3 is 104 Å². The van der Waals surface area contributed by atoms with Crippen LogP contribution in [0.3, 0.4) is 0 Å². The van der Waals surface area contributed by atoms with Gasteiger partial charge in [-0.1, -0.05) is 6.58 Å². The van der Waals surface area contributed by atoms with Crippen molar-refractivity contribution in [1.29, 1.82) is 0 Å². The standard InChI is InChI=1S/C35H54N2O24/c1-7-53-23-15(36-11(4)39)32(56-14(18(23)42)9-54-31(51)10(2)3)58-26-20(44)22(46)35(61-28(26)30(49)50)57-24-16(37-12(5)40)33(55-13(8-38)17(24)41)59-25-19(43)21(45)34(52-6)60-27(25)29(47)48/h13-28,32-35,38,41-46H,2,7-9H2,1,3-6H3,(H,36,39)(H,37,40)(H,47,48)(H,49,50). The maximum atomic E-state index is 12.7. The molecule has 26 nitrogen and oxygen atoms in total. The lowest BCUT2D eigenvalue weighted by molar-refractivity contribution is -0.369. The molecule has 4 rings (SSSR count). The number of carbonyl (C=O) groups is 5. The Hall–Kier alpha value is -3.55. The second-order valence-electron chi connectivity index (χ2n) is 14.5. The molecule has 4 fully saturated rings. The molecule has 0 aromatic heterocycles. The first kappa shape index (κ1) is 50.1. The zero-order valence-corrected chi connectivity index (χ0v) is 33.5. The summed E-state index contributed by atoms with van der Waals surface area (Å²) in [5.74, 6) is -5.93. The Balaban J connectivity index is 1.64. The molecule has 0 aromatic rings. The number of methoxy groups -OCH3 is 1. The van der Waals surface area contributed by atoms with E-state index in [2.05, 4.69) is 17.2 Å². The number of hydrogen-bond acceptors (Lipinski definition) is 22. The van der Waals surface area contributed by atoms with Gasteiger partial charge in [0.2, 0.25) is 11.8 Å². The molecule has 0 spiro atoms. The summed E-state index contributed by atoms with van der Waals surface area (Å²) in [7, 11) is 1.06. The molecule has 0 aromatic carbocycles. The smallest absolute Gasteiger partial charge is 0.335 e. The van der Waals surface area contributed by atoms with Crippen LogP contribution in [0.4, 0.5) is 0 Å². The van der Waals surface area contributed by atoms with Crippen molar-refractivity contribution in [1.82, 2.24) is 10.6 Å². The zero-order chi connectivity index (χ0) is 45.6. The molecule has 0 saturated carbocycles. The van der Waals surface area contributed by atoms with Crippen molar-refractivity contribution in [3.8, 4) is 0 Å². The molecular formula is C35H54N2O24. The zero-order valence-electron chi connectivity index (χ0n) is 33.5. The predicted octanol–water partition coefficient (Wildman–Crippen LogP) is -6.45. The molecule has 20 unspecified atom stereocenters. The van der Waals surface area contributed by atoms with Crippen LogP contribution in [-0.4, -0.2) is 225 Å². The summed E-state index contributed by atoms with van der Waals surface area (Å²) in [5, 5.41) is 102. The highest BCUT2D eigenvalue weighted by Crippen LogP contribution is 2.35. The monoisotopic (exact) mass is 886 g/mol. The maximum Gasteiger partial charge on any atom is 0.335 e. The minimum atomic E-state index is -2.28. The lowest BCUT2D eigenvalue weighted by Crippen LogP contribution is -2.71. The normalized spacial score (nSPS) is 41.6. The van der Waals surface area contributed by atoms with Crippen LogP contribution in [0, 0.1) is 0 Å². The predicted molar refractivity (Wildman–Crippen MR) is 191 cm³/mol. The van der Waals surface area contributed by atoms with Crippen molar-refractivity contribution in [2.75, 3.05) is 26.9 Å². The van der Waals surface area contributed by atoms with Crippen molar-refractivity contribution >= 4 is 29.7 Å². The third-order valence-electron chi connectivity index (χ3n) is 10.0. The molecular weight excluding hydrogens is 832 g/mol. The van der Waals surface area contributed by atoms with Gasteiger partial charge in [-0.25, -0.2) is 14.4 Å². The van der Waals surface area contributed by atoms with E-state index >= 15 is 0 Å². The average Bonchev–Trinajstić information content (AvgIpc) is 3.19. The Morgan fingerprint density at radius 3 is 1.49 bits per heavy atom. The number of carboxylic acids is 2. The number of aliphatic hydroxyl groups excluding tert-OH is 7. The highest BCUT2D eigenvalue weighted by molar-refractivity contribution is 5.86. The number of aliphatic carboxylic acids is 2. The van der Waals surface area contributed by atoms with E-state index in [1.54, 1.807) is 6.92 Å². The number of esters is 1. The maximum absolute atomic E-state index is 12.7. The fourth-order valence-corrected chi connectivity index (χ4v) is 7.11. The van der Waals surface area contributed by atoms with Gasteiger partial charge in [0.25, 0.3) is 0 Å². The minimum Gasteiger partial charge on any atom is -0.479 e. The second-order valence-corrected chi connectivity index (χ2v) is 14.5. The molecule has 4 aliphatic rings. The fraction of sp³-hybridized carbons (Fsp3) is 0.800. The number of hydrogen-bond donors (Lipinski definition) is 11. The SMILES string of the molecule is C=C(C)C(=O)OCC1OC(OC2C(C(=O)O)OC(OC3C(O)C(CO)OC(OC4C(C(=O)O)OC(OC)C(O)C4O)C3NC(C)=O)C(O)C2O)C(NC(C)=O)C(OCC)C1O. The first-order valence-corrected chi connectivity index (χ1v) is 18.9. The van der Waals surface area contributed by atoms with E-state index in [1.165, 1.54) is 6.92 Å². The topological polar surface area (TPSA) is 384 Å². The summed E-state index contributed by atoms with van der Waals surface area (Å²) in [6.07, 6.45) is -34.5. The summed E-state index contributed by atoms with van der Waals surface area (Å²) in [4.78, 5) is 61.8. The Morgan fingerprint density at radius 2 is 1.05 bits per heavy atom. The number of nitrogens with one attached hydrogen (secondary N) is 2. The summed E-state index contributed by atoms with van der Waals surface area (Å²) >= 11 is 0. The fourth-order valence-electron chi connectivity index (χ4n) is 7.11. The van der Waals surface area contributed by atoms with Gasteiger partial charge in [0, 0.05) is 33.1 Å². The van der Waals surface area contributed by atoms with Crippen LogP contribution in [0.5, 0.6) is 0 Å². The van der Waals surface area contributed by atoms with Crippen molar-refractivity contribution < 1.29 is 117 Å². The molecule has 61 heavy (non-hydrogen) atoms. The van der Waals surface area contributed by atoms with Gasteiger partial charge in [0.15, 0.2) is 37.4 Å². The van der Waals surface area contributed by atoms with Crippen LogP contribution in [0.25, 0.3) is 0 Å². The Kier molecular flexibility index (Phi) is 17.8. The van der Waals surface area contributed by atoms with Gasteiger partial charge >= 0.3 is 17.9 Å². The Morgan fingerprint density at radius 1 is 0.607 bits per heavy atom. The molecule has 20 atom stereocenters. The first-order chi connectivity index (χ1) is 28.7. The van der Waals surface area contributed by atoms with Crippen molar-refractivity contribution in [3.05, 3.63) is 12.2 Å². The molecule has 4 saturated heterocycles. The molecule has 26 heteroatoms. The van der Waals surface area contributed by atoms with E-state index in [4.69, 9.17) is 47.4 Å². The lowest BCUT2D eigenvalue weighted by Gasteiger charge is -2.50. The highest BCUT2D eigenvalue weighted by atomic mass is 16.8. The summed E-state index contributed by atoms with van der Waals surface area (Å²) in [5.41, 5.74) is 0.00429. The van der Waals surface area contributed by atoms with Crippen LogP contribution in [0.15, 0.2) is 12.2 Å². The van der Waals surface area contributed by atoms with E-state index in [9.17, 15) is 69.9 Å². The van der Waals surface area contributed by atoms with E-state index < -0.39 is 166 Å². The van der Waals surface area contributed by atoms with E-state index in [0.717, 1.165) is 21.0 Å². The van der Waals surface area contributed by atoms with Crippen LogP contribution < -0.4 is 10.6 Å². The molecule has 348 valence electrons. The number of carboxylic acid groups (broad SMARTS) is 2. The van der Waals surface area contributed by atoms with Gasteiger partial charge in [-0.2, -0.15) is 0 Å². The van der Waals surface area contributed by atoms with Gasteiger partial charge in [-0.15, -0.1) is 0 Å². The van der Waals surface area contributed by atoms with Gasteiger partial charge in [-0.05, 0) is 13.8 Å².